The van der Waals surface area contributed by atoms with Crippen molar-refractivity contribution in [2.45, 2.75) is 31.7 Å². The minimum atomic E-state index is -0.676. The Bertz CT molecular complexity index is 310. The zero-order valence-corrected chi connectivity index (χ0v) is 11.2. The molecule has 18 heavy (non-hydrogen) atoms. The van der Waals surface area contributed by atoms with Gasteiger partial charge in [-0.2, -0.15) is 0 Å². The lowest BCUT2D eigenvalue weighted by molar-refractivity contribution is -0.143. The van der Waals surface area contributed by atoms with Crippen LogP contribution in [0, 0.1) is 11.8 Å². The van der Waals surface area contributed by atoms with Gasteiger partial charge in [-0.3, -0.25) is 14.9 Å². The lowest BCUT2D eigenvalue weighted by Crippen LogP contribution is -2.44. The largest absolute Gasteiger partial charge is 0.481 e. The lowest BCUT2D eigenvalue weighted by Gasteiger charge is -2.26. The van der Waals surface area contributed by atoms with Crippen LogP contribution in [-0.2, 0) is 9.59 Å². The maximum Gasteiger partial charge on any atom is 0.306 e. The Balaban J connectivity index is 1.65. The number of nitrogens with one attached hydrogen (secondary N) is 2. The predicted molar refractivity (Wildman–Crippen MR) is 70.3 cm³/mol. The van der Waals surface area contributed by atoms with Crippen molar-refractivity contribution >= 4 is 23.6 Å². The minimum absolute atomic E-state index is 0.0506. The summed E-state index contributed by atoms with van der Waals surface area (Å²) in [6.45, 7) is 0.689. The van der Waals surface area contributed by atoms with Crippen LogP contribution in [0.3, 0.4) is 0 Å². The molecule has 1 aliphatic carbocycles. The number of hydrogen-bond acceptors (Lipinski definition) is 4. The van der Waals surface area contributed by atoms with Crippen LogP contribution in [0.25, 0.3) is 0 Å². The van der Waals surface area contributed by atoms with E-state index in [2.05, 4.69) is 10.6 Å². The Morgan fingerprint density at radius 2 is 2.00 bits per heavy atom. The number of hydrogen-bond donors (Lipinski definition) is 3. The van der Waals surface area contributed by atoms with Gasteiger partial charge in [0.05, 0.1) is 12.0 Å². The lowest BCUT2D eigenvalue weighted by atomic mass is 9.82. The standard InChI is InChI=1S/C12H20N2O3S/c15-11(10-6-18-7-14-10)13-5-8-1-3-9(4-2-8)12(16)17/h8-10,14H,1-7H2,(H,13,15)(H,16,17). The van der Waals surface area contributed by atoms with Crippen molar-refractivity contribution in [1.29, 1.82) is 0 Å². The van der Waals surface area contributed by atoms with Crippen LogP contribution in [0.2, 0.25) is 0 Å². The number of carboxylic acid groups (broad SMARTS) is 1. The molecule has 1 heterocycles. The molecule has 0 bridgehead atoms. The Hall–Kier alpha value is -0.750. The first-order valence-electron chi connectivity index (χ1n) is 6.48. The van der Waals surface area contributed by atoms with Crippen molar-refractivity contribution in [3.8, 4) is 0 Å². The fraction of sp³-hybridized carbons (Fsp3) is 0.833. The maximum atomic E-state index is 11.8. The second-order valence-corrected chi connectivity index (χ2v) is 6.10. The molecule has 1 aliphatic heterocycles. The van der Waals surface area contributed by atoms with Crippen LogP contribution >= 0.6 is 11.8 Å². The third kappa shape index (κ3) is 3.62. The van der Waals surface area contributed by atoms with Crippen LogP contribution in [0.1, 0.15) is 25.7 Å². The molecule has 1 saturated heterocycles. The fourth-order valence-corrected chi connectivity index (χ4v) is 3.49. The monoisotopic (exact) mass is 272 g/mol. The highest BCUT2D eigenvalue weighted by atomic mass is 32.2. The SMILES string of the molecule is O=C(O)C1CCC(CNC(=O)C2CSCN2)CC1. The van der Waals surface area contributed by atoms with Crippen molar-refractivity contribution in [1.82, 2.24) is 10.6 Å². The molecule has 2 rings (SSSR count). The van der Waals surface area contributed by atoms with Crippen LogP contribution < -0.4 is 10.6 Å². The molecule has 3 N–H and O–H groups in total. The highest BCUT2D eigenvalue weighted by Gasteiger charge is 2.27. The Labute approximate surface area is 111 Å². The topological polar surface area (TPSA) is 78.4 Å². The summed E-state index contributed by atoms with van der Waals surface area (Å²) in [5.74, 6) is 1.37. The molecule has 2 aliphatic rings. The Kier molecular flexibility index (Phi) is 4.88. The second kappa shape index (κ2) is 6.43. The van der Waals surface area contributed by atoms with Crippen molar-refractivity contribution < 1.29 is 14.7 Å². The molecule has 1 saturated carbocycles. The first-order valence-corrected chi connectivity index (χ1v) is 7.64. The summed E-state index contributed by atoms with van der Waals surface area (Å²) >= 11 is 1.74. The van der Waals surface area contributed by atoms with Gasteiger partial charge in [0.1, 0.15) is 0 Å². The molecular formula is C12H20N2O3S. The summed E-state index contributed by atoms with van der Waals surface area (Å²) in [6.07, 6.45) is 3.30. The molecule has 1 atom stereocenters. The smallest absolute Gasteiger partial charge is 0.306 e. The van der Waals surface area contributed by atoms with Crippen LogP contribution in [0.4, 0.5) is 0 Å². The summed E-state index contributed by atoms with van der Waals surface area (Å²) < 4.78 is 0. The Morgan fingerprint density at radius 1 is 1.28 bits per heavy atom. The quantitative estimate of drug-likeness (QED) is 0.700. The van der Waals surface area contributed by atoms with E-state index in [-0.39, 0.29) is 17.9 Å². The summed E-state index contributed by atoms with van der Waals surface area (Å²) in [5, 5.41) is 15.0. The van der Waals surface area contributed by atoms with Crippen molar-refractivity contribution in [2.75, 3.05) is 18.2 Å². The molecule has 0 spiro atoms. The van der Waals surface area contributed by atoms with E-state index in [0.717, 1.165) is 37.3 Å². The zero-order chi connectivity index (χ0) is 13.0. The molecule has 1 amide bonds. The second-order valence-electron chi connectivity index (χ2n) is 5.07. The molecule has 2 fully saturated rings. The average Bonchev–Trinajstić information content (AvgIpc) is 2.90. The van der Waals surface area contributed by atoms with Crippen molar-refractivity contribution in [3.63, 3.8) is 0 Å². The number of amides is 1. The van der Waals surface area contributed by atoms with Crippen LogP contribution in [-0.4, -0.2) is 41.2 Å². The van der Waals surface area contributed by atoms with Gasteiger partial charge >= 0.3 is 5.97 Å². The van der Waals surface area contributed by atoms with E-state index in [9.17, 15) is 9.59 Å². The van der Waals surface area contributed by atoms with Crippen LogP contribution in [0.5, 0.6) is 0 Å². The van der Waals surface area contributed by atoms with Gasteiger partial charge in [0.25, 0.3) is 0 Å². The highest BCUT2D eigenvalue weighted by molar-refractivity contribution is 7.99. The average molecular weight is 272 g/mol. The van der Waals surface area contributed by atoms with E-state index >= 15 is 0 Å². The van der Waals surface area contributed by atoms with E-state index in [1.54, 1.807) is 11.8 Å². The van der Waals surface area contributed by atoms with Gasteiger partial charge in [-0.15, -0.1) is 11.8 Å². The number of aliphatic carboxylic acids is 1. The molecule has 0 aromatic heterocycles. The predicted octanol–water partition coefficient (Wildman–Crippen LogP) is 0.656. The summed E-state index contributed by atoms with van der Waals surface area (Å²) in [6, 6.07) is -0.0506. The molecule has 5 nitrogen and oxygen atoms in total. The third-order valence-corrected chi connectivity index (χ3v) is 4.73. The third-order valence-electron chi connectivity index (χ3n) is 3.79. The normalized spacial score (nSPS) is 32.1. The molecule has 1 unspecified atom stereocenters. The van der Waals surface area contributed by atoms with Gasteiger partial charge in [-0.05, 0) is 31.6 Å². The van der Waals surface area contributed by atoms with Crippen molar-refractivity contribution in [2.24, 2.45) is 11.8 Å². The number of carboxylic acids is 1. The zero-order valence-electron chi connectivity index (χ0n) is 10.4. The maximum absolute atomic E-state index is 11.8. The first kappa shape index (κ1) is 13.7. The van der Waals surface area contributed by atoms with E-state index in [4.69, 9.17) is 5.11 Å². The van der Waals surface area contributed by atoms with Crippen LogP contribution in [0.15, 0.2) is 0 Å². The van der Waals surface area contributed by atoms with Crippen molar-refractivity contribution in [3.05, 3.63) is 0 Å². The number of carbonyl (C=O) groups excluding carboxylic acids is 1. The summed E-state index contributed by atoms with van der Waals surface area (Å²) in [5.41, 5.74) is 0. The molecule has 0 aromatic rings. The molecular weight excluding hydrogens is 252 g/mol. The van der Waals surface area contributed by atoms with E-state index in [0.29, 0.717) is 12.5 Å². The van der Waals surface area contributed by atoms with E-state index in [1.165, 1.54) is 0 Å². The minimum Gasteiger partial charge on any atom is -0.481 e. The highest BCUT2D eigenvalue weighted by Crippen LogP contribution is 2.28. The molecule has 0 radical (unpaired) electrons. The van der Waals surface area contributed by atoms with Gasteiger partial charge in [-0.1, -0.05) is 0 Å². The van der Waals surface area contributed by atoms with Gasteiger partial charge in [-0.25, -0.2) is 0 Å². The van der Waals surface area contributed by atoms with Gasteiger partial charge < -0.3 is 10.4 Å². The fourth-order valence-electron chi connectivity index (χ4n) is 2.55. The number of carbonyl (C=O) groups is 2. The van der Waals surface area contributed by atoms with Gasteiger partial charge in [0.2, 0.25) is 5.91 Å². The molecule has 102 valence electrons. The Morgan fingerprint density at radius 3 is 2.56 bits per heavy atom. The van der Waals surface area contributed by atoms with Gasteiger partial charge in [0, 0.05) is 18.2 Å². The summed E-state index contributed by atoms with van der Waals surface area (Å²) in [4.78, 5) is 22.6. The molecule has 6 heteroatoms. The number of rotatable bonds is 4. The van der Waals surface area contributed by atoms with Gasteiger partial charge in [0.15, 0.2) is 0 Å². The molecule has 0 aromatic carbocycles. The first-order chi connectivity index (χ1) is 8.66. The van der Waals surface area contributed by atoms with E-state index < -0.39 is 5.97 Å². The summed E-state index contributed by atoms with van der Waals surface area (Å²) in [7, 11) is 0. The van der Waals surface area contributed by atoms with E-state index in [1.807, 2.05) is 0 Å². The number of thioether (sulfide) groups is 1.